The molecule has 6 heteroatoms. The van der Waals surface area contributed by atoms with Gasteiger partial charge in [-0.1, -0.05) is 12.2 Å². The molecule has 5 nitrogen and oxygen atoms in total. The summed E-state index contributed by atoms with van der Waals surface area (Å²) in [6.07, 6.45) is 5.23. The number of nitrogens with one attached hydrogen (secondary N) is 1. The van der Waals surface area contributed by atoms with Crippen LogP contribution in [0, 0.1) is 0 Å². The molecular weight excluding hydrogens is 222 g/mol. The van der Waals surface area contributed by atoms with E-state index in [9.17, 15) is 0 Å². The molecule has 0 atom stereocenters. The van der Waals surface area contributed by atoms with Gasteiger partial charge in [-0.15, -0.1) is 0 Å². The number of hydrogen-bond donors (Lipinski definition) is 2. The average Bonchev–Trinajstić information content (AvgIpc) is 2.64. The highest BCUT2D eigenvalue weighted by Crippen LogP contribution is 2.18. The highest BCUT2D eigenvalue weighted by Gasteiger charge is 2.06. The number of thiocarbonyl (C=S) groups is 1. The standard InChI is InChI=1S/C10H11N5S/c1-15-6-7(5-13-15)14-8-3-2-4-12-9(8)10(11)16/h2-6,14H,1H3,(H2,11,16). The quantitative estimate of drug-likeness (QED) is 0.779. The summed E-state index contributed by atoms with van der Waals surface area (Å²) in [5, 5.41) is 7.22. The highest BCUT2D eigenvalue weighted by atomic mass is 32.1. The zero-order chi connectivity index (χ0) is 11.5. The van der Waals surface area contributed by atoms with Crippen molar-refractivity contribution >= 4 is 28.6 Å². The lowest BCUT2D eigenvalue weighted by atomic mass is 10.3. The summed E-state index contributed by atoms with van der Waals surface area (Å²) >= 11 is 4.93. The first-order valence-electron chi connectivity index (χ1n) is 4.67. The van der Waals surface area contributed by atoms with E-state index in [2.05, 4.69) is 15.4 Å². The molecule has 0 spiro atoms. The third kappa shape index (κ3) is 2.17. The molecule has 0 aromatic carbocycles. The van der Waals surface area contributed by atoms with Gasteiger partial charge in [0.25, 0.3) is 0 Å². The first kappa shape index (κ1) is 10.6. The molecule has 0 saturated heterocycles. The minimum atomic E-state index is 0.270. The third-order valence-electron chi connectivity index (χ3n) is 2.02. The molecule has 82 valence electrons. The molecule has 0 aliphatic rings. The molecule has 0 aliphatic heterocycles. The second-order valence-electron chi connectivity index (χ2n) is 3.29. The van der Waals surface area contributed by atoms with Gasteiger partial charge in [0.2, 0.25) is 0 Å². The topological polar surface area (TPSA) is 68.8 Å². The predicted octanol–water partition coefficient (Wildman–Crippen LogP) is 1.19. The van der Waals surface area contributed by atoms with E-state index in [-0.39, 0.29) is 4.99 Å². The molecule has 0 radical (unpaired) electrons. The number of rotatable bonds is 3. The molecule has 16 heavy (non-hydrogen) atoms. The maximum absolute atomic E-state index is 5.58. The van der Waals surface area contributed by atoms with Crippen molar-refractivity contribution in [3.8, 4) is 0 Å². The number of nitrogens with two attached hydrogens (primary N) is 1. The summed E-state index contributed by atoms with van der Waals surface area (Å²) < 4.78 is 1.71. The number of aromatic nitrogens is 3. The Morgan fingerprint density at radius 2 is 2.38 bits per heavy atom. The molecule has 2 rings (SSSR count). The Morgan fingerprint density at radius 3 is 3.00 bits per heavy atom. The maximum Gasteiger partial charge on any atom is 0.124 e. The van der Waals surface area contributed by atoms with Gasteiger partial charge in [-0.3, -0.25) is 9.67 Å². The van der Waals surface area contributed by atoms with Gasteiger partial charge in [-0.2, -0.15) is 5.10 Å². The van der Waals surface area contributed by atoms with Crippen molar-refractivity contribution in [1.29, 1.82) is 0 Å². The summed E-state index contributed by atoms with van der Waals surface area (Å²) in [4.78, 5) is 4.40. The number of nitrogens with zero attached hydrogens (tertiary/aromatic N) is 3. The minimum absolute atomic E-state index is 0.270. The van der Waals surface area contributed by atoms with Crippen LogP contribution in [-0.4, -0.2) is 19.8 Å². The summed E-state index contributed by atoms with van der Waals surface area (Å²) in [5.74, 6) is 0. The average molecular weight is 233 g/mol. The van der Waals surface area contributed by atoms with Crippen molar-refractivity contribution in [1.82, 2.24) is 14.8 Å². The molecule has 3 N–H and O–H groups in total. The Morgan fingerprint density at radius 1 is 1.56 bits per heavy atom. The van der Waals surface area contributed by atoms with E-state index < -0.39 is 0 Å². The van der Waals surface area contributed by atoms with Gasteiger partial charge < -0.3 is 11.1 Å². The second kappa shape index (κ2) is 4.28. The Hall–Kier alpha value is -1.95. The lowest BCUT2D eigenvalue weighted by Crippen LogP contribution is -2.13. The van der Waals surface area contributed by atoms with Gasteiger partial charge in [0.05, 0.1) is 17.6 Å². The maximum atomic E-state index is 5.58. The van der Waals surface area contributed by atoms with Gasteiger partial charge >= 0.3 is 0 Å². The van der Waals surface area contributed by atoms with Crippen LogP contribution < -0.4 is 11.1 Å². The van der Waals surface area contributed by atoms with Crippen molar-refractivity contribution in [2.75, 3.05) is 5.32 Å². The Bertz CT molecular complexity index is 519. The zero-order valence-corrected chi connectivity index (χ0v) is 9.53. The molecule has 0 bridgehead atoms. The summed E-state index contributed by atoms with van der Waals surface area (Å²) in [6.45, 7) is 0. The molecule has 0 unspecified atom stereocenters. The van der Waals surface area contributed by atoms with Crippen molar-refractivity contribution in [2.24, 2.45) is 12.8 Å². The Labute approximate surface area is 98.3 Å². The van der Waals surface area contributed by atoms with E-state index in [1.807, 2.05) is 25.4 Å². The van der Waals surface area contributed by atoms with Crippen molar-refractivity contribution in [3.05, 3.63) is 36.4 Å². The van der Waals surface area contributed by atoms with E-state index in [0.717, 1.165) is 11.4 Å². The van der Waals surface area contributed by atoms with Crippen LogP contribution in [0.2, 0.25) is 0 Å². The van der Waals surface area contributed by atoms with E-state index in [1.165, 1.54) is 0 Å². The zero-order valence-electron chi connectivity index (χ0n) is 8.71. The summed E-state index contributed by atoms with van der Waals surface area (Å²) in [6, 6.07) is 3.69. The molecule has 0 aliphatic carbocycles. The lowest BCUT2D eigenvalue weighted by Gasteiger charge is -2.07. The molecule has 0 fully saturated rings. The fourth-order valence-corrected chi connectivity index (χ4v) is 1.51. The third-order valence-corrected chi connectivity index (χ3v) is 2.22. The molecule has 2 aromatic rings. The van der Waals surface area contributed by atoms with Gasteiger partial charge in [-0.25, -0.2) is 0 Å². The summed E-state index contributed by atoms with van der Waals surface area (Å²) in [5.41, 5.74) is 7.82. The van der Waals surface area contributed by atoms with Crippen LogP contribution >= 0.6 is 12.2 Å². The summed E-state index contributed by atoms with van der Waals surface area (Å²) in [7, 11) is 1.85. The van der Waals surface area contributed by atoms with E-state index >= 15 is 0 Å². The number of pyridine rings is 1. The van der Waals surface area contributed by atoms with Crippen LogP contribution in [0.1, 0.15) is 5.69 Å². The lowest BCUT2D eigenvalue weighted by molar-refractivity contribution is 0.768. The van der Waals surface area contributed by atoms with Crippen LogP contribution in [0.5, 0.6) is 0 Å². The SMILES string of the molecule is Cn1cc(Nc2cccnc2C(N)=S)cn1. The van der Waals surface area contributed by atoms with Crippen LogP contribution in [0.3, 0.4) is 0 Å². The first-order valence-corrected chi connectivity index (χ1v) is 5.08. The van der Waals surface area contributed by atoms with E-state index in [0.29, 0.717) is 5.69 Å². The number of aryl methyl sites for hydroxylation is 1. The molecule has 0 saturated carbocycles. The molecule has 2 heterocycles. The normalized spacial score (nSPS) is 10.1. The largest absolute Gasteiger partial charge is 0.388 e. The van der Waals surface area contributed by atoms with Gasteiger partial charge in [0.15, 0.2) is 0 Å². The van der Waals surface area contributed by atoms with Crippen molar-refractivity contribution < 1.29 is 0 Å². The molecular formula is C10H11N5S. The fourth-order valence-electron chi connectivity index (χ4n) is 1.34. The smallest absolute Gasteiger partial charge is 0.124 e. The van der Waals surface area contributed by atoms with Gasteiger partial charge in [-0.05, 0) is 12.1 Å². The first-order chi connectivity index (χ1) is 7.66. The number of anilines is 2. The highest BCUT2D eigenvalue weighted by molar-refractivity contribution is 7.80. The van der Waals surface area contributed by atoms with Crippen molar-refractivity contribution in [2.45, 2.75) is 0 Å². The molecule has 0 amide bonds. The van der Waals surface area contributed by atoms with Gasteiger partial charge in [0, 0.05) is 19.4 Å². The van der Waals surface area contributed by atoms with E-state index in [1.54, 1.807) is 17.1 Å². The van der Waals surface area contributed by atoms with Crippen LogP contribution in [0.25, 0.3) is 0 Å². The minimum Gasteiger partial charge on any atom is -0.388 e. The second-order valence-corrected chi connectivity index (χ2v) is 3.73. The van der Waals surface area contributed by atoms with Crippen molar-refractivity contribution in [3.63, 3.8) is 0 Å². The predicted molar refractivity (Wildman–Crippen MR) is 66.6 cm³/mol. The fraction of sp³-hybridized carbons (Fsp3) is 0.100. The van der Waals surface area contributed by atoms with Crippen LogP contribution in [0.4, 0.5) is 11.4 Å². The van der Waals surface area contributed by atoms with E-state index in [4.69, 9.17) is 18.0 Å². The monoisotopic (exact) mass is 233 g/mol. The number of hydrogen-bond acceptors (Lipinski definition) is 4. The van der Waals surface area contributed by atoms with Crippen LogP contribution in [-0.2, 0) is 7.05 Å². The van der Waals surface area contributed by atoms with Crippen LogP contribution in [0.15, 0.2) is 30.7 Å². The Balaban J connectivity index is 2.31. The van der Waals surface area contributed by atoms with Gasteiger partial charge in [0.1, 0.15) is 10.7 Å². The molecule has 2 aromatic heterocycles. The Kier molecular flexibility index (Phi) is 2.82.